The lowest BCUT2D eigenvalue weighted by atomic mass is 10.1. The monoisotopic (exact) mass is 336 g/mol. The summed E-state index contributed by atoms with van der Waals surface area (Å²) >= 11 is 0. The number of carbonyl (C=O) groups is 2. The molecule has 130 valence electrons. The standard InChI is InChI=1S/C21H24N2O2/c1-13-9-14(2)11-18(10-13)23-8-7-19(21(23)25)20(24)22-17-6-5-15(3)16(4)12-17/h5-6,9-12,19H,7-8H2,1-4H3,(H,22,24). The van der Waals surface area contributed by atoms with E-state index < -0.39 is 5.92 Å². The largest absolute Gasteiger partial charge is 0.325 e. The molecule has 1 unspecified atom stereocenters. The highest BCUT2D eigenvalue weighted by Gasteiger charge is 2.37. The normalized spacial score (nSPS) is 17.0. The summed E-state index contributed by atoms with van der Waals surface area (Å²) in [4.78, 5) is 27.0. The zero-order valence-electron chi connectivity index (χ0n) is 15.2. The molecule has 0 aromatic heterocycles. The fourth-order valence-electron chi connectivity index (χ4n) is 3.33. The van der Waals surface area contributed by atoms with Crippen LogP contribution in [-0.4, -0.2) is 18.4 Å². The van der Waals surface area contributed by atoms with Crippen LogP contribution in [0.2, 0.25) is 0 Å². The van der Waals surface area contributed by atoms with Crippen molar-refractivity contribution in [3.05, 3.63) is 58.7 Å². The molecule has 4 heteroatoms. The number of hydrogen-bond donors (Lipinski definition) is 1. The molecule has 0 radical (unpaired) electrons. The molecule has 0 aliphatic carbocycles. The lowest BCUT2D eigenvalue weighted by molar-refractivity contribution is -0.129. The first kappa shape index (κ1) is 17.2. The first-order valence-corrected chi connectivity index (χ1v) is 8.63. The maximum atomic E-state index is 12.7. The molecule has 0 bridgehead atoms. The second-order valence-electron chi connectivity index (χ2n) is 6.97. The van der Waals surface area contributed by atoms with Crippen LogP contribution in [0.15, 0.2) is 36.4 Å². The molecule has 2 aromatic rings. The van der Waals surface area contributed by atoms with Crippen LogP contribution in [0, 0.1) is 33.6 Å². The molecule has 1 fully saturated rings. The van der Waals surface area contributed by atoms with Crippen LogP contribution in [0.4, 0.5) is 11.4 Å². The Kier molecular flexibility index (Phi) is 4.62. The molecule has 1 aliphatic rings. The minimum Gasteiger partial charge on any atom is -0.325 e. The van der Waals surface area contributed by atoms with Crippen molar-refractivity contribution >= 4 is 23.2 Å². The van der Waals surface area contributed by atoms with Crippen molar-refractivity contribution < 1.29 is 9.59 Å². The van der Waals surface area contributed by atoms with E-state index in [1.54, 1.807) is 4.90 Å². The van der Waals surface area contributed by atoms with Gasteiger partial charge in [0.1, 0.15) is 5.92 Å². The lowest BCUT2D eigenvalue weighted by Crippen LogP contribution is -2.33. The number of benzene rings is 2. The van der Waals surface area contributed by atoms with Gasteiger partial charge in [0.2, 0.25) is 11.8 Å². The van der Waals surface area contributed by atoms with Crippen LogP contribution in [0.3, 0.4) is 0 Å². The second-order valence-corrected chi connectivity index (χ2v) is 6.97. The summed E-state index contributed by atoms with van der Waals surface area (Å²) in [7, 11) is 0. The number of rotatable bonds is 3. The molecule has 1 atom stereocenters. The summed E-state index contributed by atoms with van der Waals surface area (Å²) in [5, 5.41) is 2.89. The Labute approximate surface area is 148 Å². The first-order valence-electron chi connectivity index (χ1n) is 8.63. The molecule has 25 heavy (non-hydrogen) atoms. The van der Waals surface area contributed by atoms with Gasteiger partial charge in [-0.25, -0.2) is 0 Å². The Bertz CT molecular complexity index is 822. The predicted octanol–water partition coefficient (Wildman–Crippen LogP) is 3.91. The summed E-state index contributed by atoms with van der Waals surface area (Å²) in [5.74, 6) is -0.964. The van der Waals surface area contributed by atoms with Gasteiger partial charge in [0.05, 0.1) is 0 Å². The summed E-state index contributed by atoms with van der Waals surface area (Å²) in [5.41, 5.74) is 6.15. The Morgan fingerprint density at radius 3 is 2.32 bits per heavy atom. The van der Waals surface area contributed by atoms with Crippen molar-refractivity contribution in [2.24, 2.45) is 5.92 Å². The summed E-state index contributed by atoms with van der Waals surface area (Å²) in [6.45, 7) is 8.64. The van der Waals surface area contributed by atoms with Crippen LogP contribution in [0.25, 0.3) is 0 Å². The Morgan fingerprint density at radius 2 is 1.68 bits per heavy atom. The fourth-order valence-corrected chi connectivity index (χ4v) is 3.33. The number of aryl methyl sites for hydroxylation is 4. The van der Waals surface area contributed by atoms with Crippen molar-refractivity contribution in [1.29, 1.82) is 0 Å². The number of carbonyl (C=O) groups excluding carboxylic acids is 2. The number of nitrogens with one attached hydrogen (secondary N) is 1. The van der Waals surface area contributed by atoms with Gasteiger partial charge in [0, 0.05) is 17.9 Å². The van der Waals surface area contributed by atoms with Gasteiger partial charge in [-0.1, -0.05) is 12.1 Å². The highest BCUT2D eigenvalue weighted by molar-refractivity contribution is 6.13. The van der Waals surface area contributed by atoms with Gasteiger partial charge in [0.15, 0.2) is 0 Å². The third-order valence-electron chi connectivity index (χ3n) is 4.81. The van der Waals surface area contributed by atoms with Gasteiger partial charge in [-0.05, 0) is 80.6 Å². The highest BCUT2D eigenvalue weighted by atomic mass is 16.2. The second kappa shape index (κ2) is 6.71. The number of hydrogen-bond acceptors (Lipinski definition) is 2. The molecule has 3 rings (SSSR count). The number of amides is 2. The van der Waals surface area contributed by atoms with E-state index in [2.05, 4.69) is 11.4 Å². The minimum absolute atomic E-state index is 0.119. The first-order chi connectivity index (χ1) is 11.8. The van der Waals surface area contributed by atoms with Crippen molar-refractivity contribution in [3.8, 4) is 0 Å². The SMILES string of the molecule is Cc1cc(C)cc(N2CCC(C(=O)Nc3ccc(C)c(C)c3)C2=O)c1. The van der Waals surface area contributed by atoms with E-state index in [-0.39, 0.29) is 11.8 Å². The van der Waals surface area contributed by atoms with Gasteiger partial charge >= 0.3 is 0 Å². The van der Waals surface area contributed by atoms with Gasteiger partial charge in [0.25, 0.3) is 0 Å². The van der Waals surface area contributed by atoms with Gasteiger partial charge in [-0.3, -0.25) is 9.59 Å². The average molecular weight is 336 g/mol. The molecular formula is C21H24N2O2. The van der Waals surface area contributed by atoms with E-state index in [9.17, 15) is 9.59 Å². The van der Waals surface area contributed by atoms with E-state index in [1.165, 1.54) is 5.56 Å². The average Bonchev–Trinajstić information content (AvgIpc) is 2.92. The van der Waals surface area contributed by atoms with Crippen LogP contribution < -0.4 is 10.2 Å². The molecule has 1 N–H and O–H groups in total. The highest BCUT2D eigenvalue weighted by Crippen LogP contribution is 2.28. The van der Waals surface area contributed by atoms with Crippen molar-refractivity contribution in [1.82, 2.24) is 0 Å². The lowest BCUT2D eigenvalue weighted by Gasteiger charge is -2.18. The number of anilines is 2. The molecule has 2 aromatic carbocycles. The molecule has 2 amide bonds. The van der Waals surface area contributed by atoms with E-state index in [0.29, 0.717) is 13.0 Å². The van der Waals surface area contributed by atoms with Crippen LogP contribution in [-0.2, 0) is 9.59 Å². The van der Waals surface area contributed by atoms with Crippen molar-refractivity contribution in [3.63, 3.8) is 0 Å². The van der Waals surface area contributed by atoms with Gasteiger partial charge < -0.3 is 10.2 Å². The van der Waals surface area contributed by atoms with E-state index >= 15 is 0 Å². The van der Waals surface area contributed by atoms with Crippen molar-refractivity contribution in [2.45, 2.75) is 34.1 Å². The van der Waals surface area contributed by atoms with Crippen LogP contribution >= 0.6 is 0 Å². The van der Waals surface area contributed by atoms with E-state index in [1.807, 2.05) is 58.0 Å². The predicted molar refractivity (Wildman–Crippen MR) is 101 cm³/mol. The van der Waals surface area contributed by atoms with E-state index in [4.69, 9.17) is 0 Å². The zero-order chi connectivity index (χ0) is 18.1. The summed E-state index contributed by atoms with van der Waals surface area (Å²) in [6, 6.07) is 11.9. The van der Waals surface area contributed by atoms with Gasteiger partial charge in [-0.15, -0.1) is 0 Å². The molecule has 0 spiro atoms. The third kappa shape index (κ3) is 3.58. The maximum absolute atomic E-state index is 12.7. The summed E-state index contributed by atoms with van der Waals surface area (Å²) < 4.78 is 0. The Hall–Kier alpha value is -2.62. The topological polar surface area (TPSA) is 49.4 Å². The van der Waals surface area contributed by atoms with Crippen LogP contribution in [0.5, 0.6) is 0 Å². The molecule has 4 nitrogen and oxygen atoms in total. The molecule has 1 aliphatic heterocycles. The van der Waals surface area contributed by atoms with Crippen molar-refractivity contribution in [2.75, 3.05) is 16.8 Å². The Morgan fingerprint density at radius 1 is 1.00 bits per heavy atom. The number of nitrogens with zero attached hydrogens (tertiary/aromatic N) is 1. The Balaban J connectivity index is 1.74. The van der Waals surface area contributed by atoms with Crippen LogP contribution in [0.1, 0.15) is 28.7 Å². The molecule has 1 saturated heterocycles. The van der Waals surface area contributed by atoms with E-state index in [0.717, 1.165) is 28.1 Å². The smallest absolute Gasteiger partial charge is 0.239 e. The van der Waals surface area contributed by atoms with Gasteiger partial charge in [-0.2, -0.15) is 0 Å². The maximum Gasteiger partial charge on any atom is 0.239 e. The third-order valence-corrected chi connectivity index (χ3v) is 4.81. The molecular weight excluding hydrogens is 312 g/mol. The zero-order valence-corrected chi connectivity index (χ0v) is 15.2. The molecule has 0 saturated carbocycles. The molecule has 1 heterocycles. The quantitative estimate of drug-likeness (QED) is 0.864. The fraction of sp³-hybridized carbons (Fsp3) is 0.333. The minimum atomic E-state index is -0.623. The summed E-state index contributed by atoms with van der Waals surface area (Å²) in [6.07, 6.45) is 0.544.